The van der Waals surface area contributed by atoms with Gasteiger partial charge >= 0.3 is 0 Å². The van der Waals surface area contributed by atoms with E-state index >= 15 is 0 Å². The van der Waals surface area contributed by atoms with Crippen LogP contribution in [0, 0.1) is 5.41 Å². The van der Waals surface area contributed by atoms with Crippen molar-refractivity contribution in [2.75, 3.05) is 6.54 Å². The highest BCUT2D eigenvalue weighted by Gasteiger charge is 2.19. The summed E-state index contributed by atoms with van der Waals surface area (Å²) in [6, 6.07) is 10.8. The number of hydrogen-bond acceptors (Lipinski definition) is 1. The SMILES string of the molecule is CC(C)(CCNC(C)(C)C)Cc1ccccc1. The zero-order chi connectivity index (χ0) is 12.9. The molecular formula is C16H27N. The van der Waals surface area contributed by atoms with Gasteiger partial charge in [0.25, 0.3) is 0 Å². The minimum Gasteiger partial charge on any atom is -0.312 e. The molecule has 0 bridgehead atoms. The molecule has 0 aliphatic rings. The Hall–Kier alpha value is -0.820. The van der Waals surface area contributed by atoms with Gasteiger partial charge in [-0.2, -0.15) is 0 Å². The van der Waals surface area contributed by atoms with Crippen molar-refractivity contribution in [3.8, 4) is 0 Å². The van der Waals surface area contributed by atoms with Crippen LogP contribution in [0.3, 0.4) is 0 Å². The molecule has 0 aliphatic heterocycles. The molecule has 1 heteroatoms. The van der Waals surface area contributed by atoms with E-state index in [1.165, 1.54) is 12.0 Å². The largest absolute Gasteiger partial charge is 0.312 e. The average Bonchev–Trinajstić information content (AvgIpc) is 2.15. The summed E-state index contributed by atoms with van der Waals surface area (Å²) in [5.41, 5.74) is 2.02. The summed E-state index contributed by atoms with van der Waals surface area (Å²) in [7, 11) is 0. The Morgan fingerprint density at radius 3 is 2.06 bits per heavy atom. The topological polar surface area (TPSA) is 12.0 Å². The lowest BCUT2D eigenvalue weighted by Gasteiger charge is -2.28. The smallest absolute Gasteiger partial charge is 0.00965 e. The molecular weight excluding hydrogens is 206 g/mol. The van der Waals surface area contributed by atoms with Crippen molar-refractivity contribution in [2.45, 2.75) is 53.0 Å². The number of rotatable bonds is 5. The minimum absolute atomic E-state index is 0.225. The molecule has 0 radical (unpaired) electrons. The summed E-state index contributed by atoms with van der Waals surface area (Å²) in [4.78, 5) is 0. The first-order chi connectivity index (χ1) is 7.79. The Morgan fingerprint density at radius 1 is 0.941 bits per heavy atom. The summed E-state index contributed by atoms with van der Waals surface area (Å²) < 4.78 is 0. The van der Waals surface area contributed by atoms with Crippen LogP contribution in [0.1, 0.15) is 46.6 Å². The highest BCUT2D eigenvalue weighted by Crippen LogP contribution is 2.25. The first-order valence-electron chi connectivity index (χ1n) is 6.57. The molecule has 0 saturated carbocycles. The van der Waals surface area contributed by atoms with Gasteiger partial charge in [0.05, 0.1) is 0 Å². The lowest BCUT2D eigenvalue weighted by Crippen LogP contribution is -2.38. The van der Waals surface area contributed by atoms with Crippen LogP contribution >= 0.6 is 0 Å². The van der Waals surface area contributed by atoms with Crippen LogP contribution in [-0.2, 0) is 6.42 Å². The number of hydrogen-bond donors (Lipinski definition) is 1. The van der Waals surface area contributed by atoms with Crippen molar-refractivity contribution in [3.63, 3.8) is 0 Å². The molecule has 0 heterocycles. The third-order valence-electron chi connectivity index (χ3n) is 2.98. The van der Waals surface area contributed by atoms with Crippen LogP contribution in [0.2, 0.25) is 0 Å². The first kappa shape index (κ1) is 14.2. The molecule has 1 aromatic carbocycles. The minimum atomic E-state index is 0.225. The van der Waals surface area contributed by atoms with Crippen LogP contribution in [-0.4, -0.2) is 12.1 Å². The summed E-state index contributed by atoms with van der Waals surface area (Å²) in [6.07, 6.45) is 2.36. The zero-order valence-corrected chi connectivity index (χ0v) is 12.0. The van der Waals surface area contributed by atoms with Gasteiger partial charge in [-0.05, 0) is 51.1 Å². The molecule has 0 saturated heterocycles. The molecule has 1 N–H and O–H groups in total. The number of nitrogens with one attached hydrogen (secondary N) is 1. The van der Waals surface area contributed by atoms with Gasteiger partial charge in [0, 0.05) is 5.54 Å². The Kier molecular flexibility index (Phi) is 4.76. The standard InChI is InChI=1S/C16H27N/c1-15(2,3)17-12-11-16(4,5)13-14-9-7-6-8-10-14/h6-10,17H,11-13H2,1-5H3. The maximum absolute atomic E-state index is 3.56. The van der Waals surface area contributed by atoms with Gasteiger partial charge in [0.2, 0.25) is 0 Å². The number of benzene rings is 1. The van der Waals surface area contributed by atoms with E-state index in [2.05, 4.69) is 70.3 Å². The lowest BCUT2D eigenvalue weighted by atomic mass is 9.82. The second-order valence-electron chi connectivity index (χ2n) is 6.75. The van der Waals surface area contributed by atoms with Gasteiger partial charge in [-0.3, -0.25) is 0 Å². The molecule has 0 fully saturated rings. The Labute approximate surface area is 107 Å². The van der Waals surface area contributed by atoms with E-state index < -0.39 is 0 Å². The van der Waals surface area contributed by atoms with Gasteiger partial charge in [-0.1, -0.05) is 44.2 Å². The van der Waals surface area contributed by atoms with Crippen molar-refractivity contribution in [2.24, 2.45) is 5.41 Å². The van der Waals surface area contributed by atoms with Gasteiger partial charge in [0.15, 0.2) is 0 Å². The Morgan fingerprint density at radius 2 is 1.53 bits per heavy atom. The van der Waals surface area contributed by atoms with E-state index in [0.29, 0.717) is 5.41 Å². The van der Waals surface area contributed by atoms with Gasteiger partial charge in [-0.25, -0.2) is 0 Å². The highest BCUT2D eigenvalue weighted by atomic mass is 14.9. The zero-order valence-electron chi connectivity index (χ0n) is 12.0. The molecule has 1 rings (SSSR count). The third-order valence-corrected chi connectivity index (χ3v) is 2.98. The normalized spacial score (nSPS) is 12.8. The maximum atomic E-state index is 3.56. The Balaban J connectivity index is 2.41. The second-order valence-corrected chi connectivity index (χ2v) is 6.75. The molecule has 0 unspecified atom stereocenters. The monoisotopic (exact) mass is 233 g/mol. The molecule has 0 atom stereocenters. The molecule has 96 valence electrons. The fourth-order valence-electron chi connectivity index (χ4n) is 2.01. The summed E-state index contributed by atoms with van der Waals surface area (Å²) in [5, 5.41) is 3.56. The summed E-state index contributed by atoms with van der Waals surface area (Å²) >= 11 is 0. The van der Waals surface area contributed by atoms with Crippen molar-refractivity contribution in [3.05, 3.63) is 35.9 Å². The van der Waals surface area contributed by atoms with E-state index in [4.69, 9.17) is 0 Å². The Bertz CT molecular complexity index is 319. The average molecular weight is 233 g/mol. The highest BCUT2D eigenvalue weighted by molar-refractivity contribution is 5.16. The van der Waals surface area contributed by atoms with E-state index in [0.717, 1.165) is 13.0 Å². The van der Waals surface area contributed by atoms with Crippen LogP contribution in [0.4, 0.5) is 0 Å². The van der Waals surface area contributed by atoms with Crippen LogP contribution < -0.4 is 5.32 Å². The van der Waals surface area contributed by atoms with Gasteiger partial charge in [0.1, 0.15) is 0 Å². The quantitative estimate of drug-likeness (QED) is 0.809. The first-order valence-corrected chi connectivity index (χ1v) is 6.57. The third kappa shape index (κ3) is 6.48. The van der Waals surface area contributed by atoms with Crippen molar-refractivity contribution >= 4 is 0 Å². The molecule has 1 aromatic rings. The molecule has 1 nitrogen and oxygen atoms in total. The van der Waals surface area contributed by atoms with Gasteiger partial charge < -0.3 is 5.32 Å². The molecule has 17 heavy (non-hydrogen) atoms. The lowest BCUT2D eigenvalue weighted by molar-refractivity contribution is 0.302. The van der Waals surface area contributed by atoms with E-state index in [1.54, 1.807) is 0 Å². The van der Waals surface area contributed by atoms with Crippen LogP contribution in [0.15, 0.2) is 30.3 Å². The fourth-order valence-corrected chi connectivity index (χ4v) is 2.01. The van der Waals surface area contributed by atoms with Crippen molar-refractivity contribution in [1.29, 1.82) is 0 Å². The fraction of sp³-hybridized carbons (Fsp3) is 0.625. The predicted molar refractivity (Wildman–Crippen MR) is 76.3 cm³/mol. The summed E-state index contributed by atoms with van der Waals surface area (Å²) in [6.45, 7) is 12.4. The van der Waals surface area contributed by atoms with E-state index in [-0.39, 0.29) is 5.54 Å². The molecule has 0 aromatic heterocycles. The van der Waals surface area contributed by atoms with Gasteiger partial charge in [-0.15, -0.1) is 0 Å². The predicted octanol–water partition coefficient (Wildman–Crippen LogP) is 4.03. The molecule has 0 aliphatic carbocycles. The van der Waals surface area contributed by atoms with Crippen LogP contribution in [0.25, 0.3) is 0 Å². The molecule has 0 amide bonds. The second kappa shape index (κ2) is 5.68. The maximum Gasteiger partial charge on any atom is 0.00965 e. The van der Waals surface area contributed by atoms with Crippen molar-refractivity contribution < 1.29 is 0 Å². The van der Waals surface area contributed by atoms with Crippen LogP contribution in [0.5, 0.6) is 0 Å². The van der Waals surface area contributed by atoms with E-state index in [1.807, 2.05) is 0 Å². The summed E-state index contributed by atoms with van der Waals surface area (Å²) in [5.74, 6) is 0. The molecule has 0 spiro atoms. The van der Waals surface area contributed by atoms with Crippen molar-refractivity contribution in [1.82, 2.24) is 5.32 Å². The van der Waals surface area contributed by atoms with E-state index in [9.17, 15) is 0 Å².